The van der Waals surface area contributed by atoms with Crippen molar-refractivity contribution < 1.29 is 14.3 Å². The molecule has 0 saturated carbocycles. The zero-order valence-corrected chi connectivity index (χ0v) is 18.9. The first kappa shape index (κ1) is 21.6. The van der Waals surface area contributed by atoms with Gasteiger partial charge in [0.2, 0.25) is 0 Å². The topological polar surface area (TPSA) is 66.2 Å². The van der Waals surface area contributed by atoms with Crippen LogP contribution in [0.1, 0.15) is 15.9 Å². The number of benzene rings is 3. The fraction of sp³-hybridized carbons (Fsp3) is 0.160. The predicted molar refractivity (Wildman–Crippen MR) is 126 cm³/mol. The molecule has 0 aliphatic heterocycles. The molecule has 0 atom stereocenters. The number of carbonyl (C=O) groups excluding carboxylic acids is 1. The lowest BCUT2D eigenvalue weighted by Crippen LogP contribution is -2.05. The number of hydrogen-bond acceptors (Lipinski definition) is 6. The van der Waals surface area contributed by atoms with Gasteiger partial charge in [-0.25, -0.2) is 0 Å². The first-order valence-corrected chi connectivity index (χ1v) is 11.0. The highest BCUT2D eigenvalue weighted by atomic mass is 32.2. The van der Waals surface area contributed by atoms with Gasteiger partial charge in [0.25, 0.3) is 0 Å². The maximum Gasteiger partial charge on any atom is 0.196 e. The summed E-state index contributed by atoms with van der Waals surface area (Å²) in [5.41, 5.74) is 3.55. The van der Waals surface area contributed by atoms with Gasteiger partial charge in [-0.05, 0) is 37.3 Å². The summed E-state index contributed by atoms with van der Waals surface area (Å²) in [5, 5.41) is 9.48. The molecule has 4 aromatic rings. The van der Waals surface area contributed by atoms with Gasteiger partial charge in [0.15, 0.2) is 28.3 Å². The van der Waals surface area contributed by atoms with Gasteiger partial charge >= 0.3 is 0 Å². The van der Waals surface area contributed by atoms with E-state index in [1.807, 2.05) is 84.3 Å². The van der Waals surface area contributed by atoms with Crippen LogP contribution >= 0.6 is 11.8 Å². The highest BCUT2D eigenvalue weighted by Crippen LogP contribution is 2.34. The summed E-state index contributed by atoms with van der Waals surface area (Å²) in [6, 6.07) is 23.1. The summed E-state index contributed by atoms with van der Waals surface area (Å²) in [5.74, 6) is 2.21. The minimum absolute atomic E-state index is 0.0466. The van der Waals surface area contributed by atoms with Crippen LogP contribution in [0.5, 0.6) is 11.5 Å². The van der Waals surface area contributed by atoms with Gasteiger partial charge in [-0.15, -0.1) is 10.2 Å². The van der Waals surface area contributed by atoms with Gasteiger partial charge in [0.05, 0.1) is 20.0 Å². The first-order chi connectivity index (χ1) is 15.6. The molecule has 0 spiro atoms. The second kappa shape index (κ2) is 9.70. The van der Waals surface area contributed by atoms with Crippen molar-refractivity contribution in [2.75, 3.05) is 20.0 Å². The zero-order chi connectivity index (χ0) is 22.5. The number of para-hydroxylation sites is 1. The van der Waals surface area contributed by atoms with E-state index in [1.165, 1.54) is 11.8 Å². The molecule has 32 heavy (non-hydrogen) atoms. The van der Waals surface area contributed by atoms with Crippen LogP contribution in [0, 0.1) is 6.92 Å². The Morgan fingerprint density at radius 2 is 1.62 bits per heavy atom. The van der Waals surface area contributed by atoms with Crippen molar-refractivity contribution in [3.63, 3.8) is 0 Å². The smallest absolute Gasteiger partial charge is 0.196 e. The SMILES string of the molecule is COc1ccc(-c2nnc(SCC(=O)c3ccc(C)cc3)n2-c2ccccc2)cc1OC. The number of methoxy groups -OCH3 is 2. The highest BCUT2D eigenvalue weighted by molar-refractivity contribution is 7.99. The van der Waals surface area contributed by atoms with Crippen molar-refractivity contribution in [1.29, 1.82) is 0 Å². The summed E-state index contributed by atoms with van der Waals surface area (Å²) in [7, 11) is 3.20. The van der Waals surface area contributed by atoms with Crippen molar-refractivity contribution >= 4 is 17.5 Å². The molecule has 0 amide bonds. The Morgan fingerprint density at radius 1 is 0.906 bits per heavy atom. The Hall–Kier alpha value is -3.58. The Bertz CT molecular complexity index is 1220. The second-order valence-corrected chi connectivity index (χ2v) is 8.07. The molecule has 0 bridgehead atoms. The lowest BCUT2D eigenvalue weighted by Gasteiger charge is -2.12. The number of thioether (sulfide) groups is 1. The lowest BCUT2D eigenvalue weighted by atomic mass is 10.1. The van der Waals surface area contributed by atoms with E-state index in [9.17, 15) is 4.79 Å². The Kier molecular flexibility index (Phi) is 6.56. The molecule has 0 N–H and O–H groups in total. The maximum absolute atomic E-state index is 12.7. The fourth-order valence-electron chi connectivity index (χ4n) is 3.29. The number of aromatic nitrogens is 3. The summed E-state index contributed by atoms with van der Waals surface area (Å²) in [6.45, 7) is 2.00. The standard InChI is InChI=1S/C25H23N3O3S/c1-17-9-11-18(12-10-17)21(29)16-32-25-27-26-24(28(25)20-7-5-4-6-8-20)19-13-14-22(30-2)23(15-19)31-3/h4-15H,16H2,1-3H3. The van der Waals surface area contributed by atoms with Crippen molar-refractivity contribution in [3.05, 3.63) is 83.9 Å². The monoisotopic (exact) mass is 445 g/mol. The van der Waals surface area contributed by atoms with Crippen molar-refractivity contribution in [1.82, 2.24) is 14.8 Å². The van der Waals surface area contributed by atoms with Crippen LogP contribution in [-0.2, 0) is 0 Å². The molecular formula is C25H23N3O3S. The number of nitrogens with zero attached hydrogens (tertiary/aromatic N) is 3. The number of Topliss-reactive ketones (excluding diaryl/α,β-unsaturated/α-hetero) is 1. The van der Waals surface area contributed by atoms with Crippen molar-refractivity contribution in [2.24, 2.45) is 0 Å². The van der Waals surface area contributed by atoms with E-state index < -0.39 is 0 Å². The molecule has 7 heteroatoms. The molecule has 6 nitrogen and oxygen atoms in total. The summed E-state index contributed by atoms with van der Waals surface area (Å²) >= 11 is 1.37. The molecule has 0 fully saturated rings. The van der Waals surface area contributed by atoms with Crippen LogP contribution in [0.2, 0.25) is 0 Å². The molecule has 0 radical (unpaired) electrons. The van der Waals surface area contributed by atoms with E-state index in [0.29, 0.717) is 28.0 Å². The average molecular weight is 446 g/mol. The Balaban J connectivity index is 1.69. The van der Waals surface area contributed by atoms with Gasteiger partial charge < -0.3 is 9.47 Å². The van der Waals surface area contributed by atoms with E-state index in [4.69, 9.17) is 9.47 Å². The molecule has 0 saturated heterocycles. The Morgan fingerprint density at radius 3 is 2.31 bits per heavy atom. The summed E-state index contributed by atoms with van der Waals surface area (Å²) in [4.78, 5) is 12.7. The van der Waals surface area contributed by atoms with Gasteiger partial charge in [-0.3, -0.25) is 9.36 Å². The van der Waals surface area contributed by atoms with E-state index in [0.717, 1.165) is 16.8 Å². The third kappa shape index (κ3) is 4.53. The molecule has 1 heterocycles. The molecule has 0 aliphatic rings. The largest absolute Gasteiger partial charge is 0.493 e. The lowest BCUT2D eigenvalue weighted by molar-refractivity contribution is 0.102. The fourth-order valence-corrected chi connectivity index (χ4v) is 4.13. The number of aryl methyl sites for hydroxylation is 1. The number of carbonyl (C=O) groups is 1. The van der Waals surface area contributed by atoms with E-state index >= 15 is 0 Å². The molecule has 162 valence electrons. The average Bonchev–Trinajstić information content (AvgIpc) is 3.27. The van der Waals surface area contributed by atoms with Crippen LogP contribution in [0.4, 0.5) is 0 Å². The van der Waals surface area contributed by atoms with Crippen LogP contribution in [-0.4, -0.2) is 40.5 Å². The van der Waals surface area contributed by atoms with Crippen LogP contribution in [0.25, 0.3) is 17.1 Å². The number of ketones is 1. The predicted octanol–water partition coefficient (Wildman–Crippen LogP) is 5.23. The van der Waals surface area contributed by atoms with Crippen LogP contribution < -0.4 is 9.47 Å². The first-order valence-electron chi connectivity index (χ1n) is 10.1. The zero-order valence-electron chi connectivity index (χ0n) is 18.1. The number of rotatable bonds is 8. The van der Waals surface area contributed by atoms with Gasteiger partial charge in [0, 0.05) is 16.8 Å². The molecule has 0 aliphatic carbocycles. The van der Waals surface area contributed by atoms with E-state index in [2.05, 4.69) is 10.2 Å². The Labute approximate surface area is 191 Å². The summed E-state index contributed by atoms with van der Waals surface area (Å²) in [6.07, 6.45) is 0. The minimum atomic E-state index is 0.0466. The van der Waals surface area contributed by atoms with Crippen LogP contribution in [0.15, 0.2) is 78.0 Å². The molecule has 0 unspecified atom stereocenters. The van der Waals surface area contributed by atoms with Gasteiger partial charge in [-0.2, -0.15) is 0 Å². The van der Waals surface area contributed by atoms with E-state index in [1.54, 1.807) is 14.2 Å². The molecule has 3 aromatic carbocycles. The normalized spacial score (nSPS) is 10.7. The third-order valence-electron chi connectivity index (χ3n) is 5.00. The van der Waals surface area contributed by atoms with E-state index in [-0.39, 0.29) is 11.5 Å². The molecular weight excluding hydrogens is 422 g/mol. The van der Waals surface area contributed by atoms with Crippen LogP contribution in [0.3, 0.4) is 0 Å². The maximum atomic E-state index is 12.7. The number of hydrogen-bond donors (Lipinski definition) is 0. The minimum Gasteiger partial charge on any atom is -0.493 e. The second-order valence-electron chi connectivity index (χ2n) is 7.12. The summed E-state index contributed by atoms with van der Waals surface area (Å²) < 4.78 is 12.8. The van der Waals surface area contributed by atoms with Crippen molar-refractivity contribution in [2.45, 2.75) is 12.1 Å². The molecule has 1 aromatic heterocycles. The van der Waals surface area contributed by atoms with Gasteiger partial charge in [-0.1, -0.05) is 59.8 Å². The number of ether oxygens (including phenoxy) is 2. The highest BCUT2D eigenvalue weighted by Gasteiger charge is 2.19. The third-order valence-corrected chi connectivity index (χ3v) is 5.92. The molecule has 4 rings (SSSR count). The van der Waals surface area contributed by atoms with Gasteiger partial charge in [0.1, 0.15) is 0 Å². The van der Waals surface area contributed by atoms with Crippen molar-refractivity contribution in [3.8, 4) is 28.6 Å². The quantitative estimate of drug-likeness (QED) is 0.273.